The van der Waals surface area contributed by atoms with Gasteiger partial charge in [0.25, 0.3) is 0 Å². The van der Waals surface area contributed by atoms with E-state index in [9.17, 15) is 4.21 Å². The molecule has 0 saturated heterocycles. The minimum Gasteiger partial charge on any atom is -0.259 e. The lowest BCUT2D eigenvalue weighted by Gasteiger charge is -2.00. The fraction of sp³-hybridized carbons (Fsp3) is 0.375. The van der Waals surface area contributed by atoms with E-state index in [0.717, 1.165) is 5.56 Å². The molecule has 1 aromatic heterocycles. The van der Waals surface area contributed by atoms with Crippen LogP contribution in [-0.2, 0) is 16.6 Å². The molecule has 0 aliphatic rings. The Labute approximate surface area is 79.4 Å². The number of rotatable bonds is 3. The van der Waals surface area contributed by atoms with Crippen LogP contribution in [0.2, 0.25) is 5.15 Å². The molecular formula is C8H10ClNOS. The molecule has 1 unspecified atom stereocenters. The first kappa shape index (κ1) is 9.68. The topological polar surface area (TPSA) is 30.0 Å². The molecule has 2 nitrogen and oxygen atoms in total. The summed E-state index contributed by atoms with van der Waals surface area (Å²) < 4.78 is 11.2. The summed E-state index contributed by atoms with van der Waals surface area (Å²) >= 11 is 5.78. The minimum atomic E-state index is -0.813. The molecule has 0 bridgehead atoms. The van der Waals surface area contributed by atoms with Gasteiger partial charge in [-0.1, -0.05) is 24.6 Å². The molecule has 1 heterocycles. The fourth-order valence-corrected chi connectivity index (χ4v) is 1.85. The van der Waals surface area contributed by atoms with E-state index in [-0.39, 0.29) is 0 Å². The number of nitrogens with zero attached hydrogens (tertiary/aromatic N) is 1. The van der Waals surface area contributed by atoms with Crippen molar-refractivity contribution in [1.29, 1.82) is 0 Å². The monoisotopic (exact) mass is 203 g/mol. The highest BCUT2D eigenvalue weighted by Crippen LogP contribution is 2.13. The van der Waals surface area contributed by atoms with E-state index in [0.29, 0.717) is 16.7 Å². The van der Waals surface area contributed by atoms with Crippen LogP contribution >= 0.6 is 11.6 Å². The van der Waals surface area contributed by atoms with Gasteiger partial charge in [0.15, 0.2) is 0 Å². The molecule has 12 heavy (non-hydrogen) atoms. The van der Waals surface area contributed by atoms with Gasteiger partial charge in [0, 0.05) is 28.3 Å². The average Bonchev–Trinajstić information content (AvgIpc) is 2.09. The Morgan fingerprint density at radius 2 is 2.42 bits per heavy atom. The van der Waals surface area contributed by atoms with Crippen LogP contribution in [0, 0.1) is 0 Å². The van der Waals surface area contributed by atoms with E-state index in [4.69, 9.17) is 11.6 Å². The molecule has 1 aromatic rings. The van der Waals surface area contributed by atoms with Gasteiger partial charge in [-0.25, -0.2) is 4.98 Å². The number of pyridine rings is 1. The Morgan fingerprint density at radius 1 is 1.67 bits per heavy atom. The van der Waals surface area contributed by atoms with Crippen LogP contribution in [-0.4, -0.2) is 14.9 Å². The number of halogens is 1. The summed E-state index contributed by atoms with van der Waals surface area (Å²) in [5, 5.41) is 0.458. The van der Waals surface area contributed by atoms with Crippen LogP contribution in [0.15, 0.2) is 18.3 Å². The predicted octanol–water partition coefficient (Wildman–Crippen LogP) is 2.00. The fourth-order valence-electron chi connectivity index (χ4n) is 0.803. The summed E-state index contributed by atoms with van der Waals surface area (Å²) in [6, 6.07) is 3.65. The summed E-state index contributed by atoms with van der Waals surface area (Å²) in [7, 11) is -0.813. The Hall–Kier alpha value is -0.410. The summed E-state index contributed by atoms with van der Waals surface area (Å²) in [6.07, 6.45) is 1.63. The third kappa shape index (κ3) is 2.57. The van der Waals surface area contributed by atoms with Crippen LogP contribution in [0.5, 0.6) is 0 Å². The molecule has 4 heteroatoms. The van der Waals surface area contributed by atoms with E-state index in [1.807, 2.05) is 13.0 Å². The smallest absolute Gasteiger partial charge is 0.133 e. The molecule has 0 fully saturated rings. The predicted molar refractivity (Wildman–Crippen MR) is 51.6 cm³/mol. The lowest BCUT2D eigenvalue weighted by molar-refractivity contribution is 0.683. The summed E-state index contributed by atoms with van der Waals surface area (Å²) in [5.74, 6) is 1.16. The number of hydrogen-bond acceptors (Lipinski definition) is 2. The third-order valence-electron chi connectivity index (χ3n) is 1.47. The van der Waals surface area contributed by atoms with Gasteiger partial charge >= 0.3 is 0 Å². The van der Waals surface area contributed by atoms with E-state index in [1.54, 1.807) is 12.3 Å². The van der Waals surface area contributed by atoms with Crippen molar-refractivity contribution in [2.24, 2.45) is 0 Å². The zero-order valence-corrected chi connectivity index (χ0v) is 8.36. The molecule has 0 amide bonds. The molecular weight excluding hydrogens is 194 g/mol. The van der Waals surface area contributed by atoms with Crippen molar-refractivity contribution in [3.63, 3.8) is 0 Å². The van der Waals surface area contributed by atoms with Gasteiger partial charge in [0.1, 0.15) is 5.15 Å². The van der Waals surface area contributed by atoms with E-state index < -0.39 is 10.8 Å². The molecule has 0 aliphatic heterocycles. The second-order valence-electron chi connectivity index (χ2n) is 2.33. The molecule has 0 radical (unpaired) electrons. The van der Waals surface area contributed by atoms with E-state index in [1.165, 1.54) is 0 Å². The largest absolute Gasteiger partial charge is 0.259 e. The lowest BCUT2D eigenvalue weighted by atomic mass is 10.3. The Bertz CT molecular complexity index is 290. The van der Waals surface area contributed by atoms with Gasteiger partial charge < -0.3 is 0 Å². The second-order valence-corrected chi connectivity index (χ2v) is 4.43. The van der Waals surface area contributed by atoms with Gasteiger partial charge in [0.2, 0.25) is 0 Å². The van der Waals surface area contributed by atoms with Crippen LogP contribution in [0.25, 0.3) is 0 Å². The quantitative estimate of drug-likeness (QED) is 0.704. The molecule has 0 spiro atoms. The second kappa shape index (κ2) is 4.58. The van der Waals surface area contributed by atoms with E-state index in [2.05, 4.69) is 4.98 Å². The van der Waals surface area contributed by atoms with Crippen molar-refractivity contribution < 1.29 is 4.21 Å². The lowest BCUT2D eigenvalue weighted by Crippen LogP contribution is -1.98. The molecule has 1 atom stereocenters. The minimum absolute atomic E-state index is 0.458. The molecule has 0 aliphatic carbocycles. The SMILES string of the molecule is CCS(=O)Cc1cccnc1Cl. The van der Waals surface area contributed by atoms with Gasteiger partial charge in [0.05, 0.1) is 5.75 Å². The third-order valence-corrected chi connectivity index (χ3v) is 3.09. The summed E-state index contributed by atoms with van der Waals surface area (Å²) in [4.78, 5) is 3.90. The van der Waals surface area contributed by atoms with Gasteiger partial charge in [-0.3, -0.25) is 4.21 Å². The standard InChI is InChI=1S/C8H10ClNOS/c1-2-12(11)6-7-4-3-5-10-8(7)9/h3-5H,2,6H2,1H3. The first-order valence-electron chi connectivity index (χ1n) is 3.68. The van der Waals surface area contributed by atoms with Crippen LogP contribution in [0.1, 0.15) is 12.5 Å². The van der Waals surface area contributed by atoms with Gasteiger partial charge in [-0.2, -0.15) is 0 Å². The normalized spacial score (nSPS) is 12.8. The Balaban J connectivity index is 2.75. The molecule has 1 rings (SSSR count). The first-order chi connectivity index (χ1) is 5.74. The van der Waals surface area contributed by atoms with Crippen molar-refractivity contribution in [3.8, 4) is 0 Å². The van der Waals surface area contributed by atoms with Crippen molar-refractivity contribution in [3.05, 3.63) is 29.0 Å². The average molecular weight is 204 g/mol. The number of hydrogen-bond donors (Lipinski definition) is 0. The van der Waals surface area contributed by atoms with Crippen LogP contribution in [0.3, 0.4) is 0 Å². The Morgan fingerprint density at radius 3 is 3.00 bits per heavy atom. The zero-order chi connectivity index (χ0) is 8.97. The molecule has 0 aromatic carbocycles. The van der Waals surface area contributed by atoms with Crippen molar-refractivity contribution in [1.82, 2.24) is 4.98 Å². The zero-order valence-electron chi connectivity index (χ0n) is 6.79. The van der Waals surface area contributed by atoms with Crippen molar-refractivity contribution >= 4 is 22.4 Å². The maximum absolute atomic E-state index is 11.2. The summed E-state index contributed by atoms with van der Waals surface area (Å²) in [6.45, 7) is 1.89. The molecule has 0 N–H and O–H groups in total. The summed E-state index contributed by atoms with van der Waals surface area (Å²) in [5.41, 5.74) is 0.861. The first-order valence-corrected chi connectivity index (χ1v) is 5.55. The molecule has 66 valence electrons. The molecule has 0 saturated carbocycles. The van der Waals surface area contributed by atoms with Crippen LogP contribution < -0.4 is 0 Å². The highest BCUT2D eigenvalue weighted by atomic mass is 35.5. The number of aromatic nitrogens is 1. The van der Waals surface area contributed by atoms with Gasteiger partial charge in [-0.05, 0) is 6.07 Å². The Kier molecular flexibility index (Phi) is 3.69. The van der Waals surface area contributed by atoms with Gasteiger partial charge in [-0.15, -0.1) is 0 Å². The van der Waals surface area contributed by atoms with Crippen molar-refractivity contribution in [2.45, 2.75) is 12.7 Å². The maximum Gasteiger partial charge on any atom is 0.133 e. The van der Waals surface area contributed by atoms with E-state index >= 15 is 0 Å². The maximum atomic E-state index is 11.2. The van der Waals surface area contributed by atoms with Crippen molar-refractivity contribution in [2.75, 3.05) is 5.75 Å². The highest BCUT2D eigenvalue weighted by Gasteiger charge is 2.03. The highest BCUT2D eigenvalue weighted by molar-refractivity contribution is 7.84. The van der Waals surface area contributed by atoms with Crippen LogP contribution in [0.4, 0.5) is 0 Å².